The van der Waals surface area contributed by atoms with Crippen LogP contribution in [0.25, 0.3) is 0 Å². The first-order chi connectivity index (χ1) is 13.2. The number of hydrogen-bond donors (Lipinski definition) is 0. The molecule has 3 aromatic rings. The summed E-state index contributed by atoms with van der Waals surface area (Å²) in [7, 11) is -7.60. The van der Waals surface area contributed by atoms with E-state index in [1.165, 1.54) is 22.5 Å². The van der Waals surface area contributed by atoms with Crippen LogP contribution in [0.1, 0.15) is 5.56 Å². The van der Waals surface area contributed by atoms with Gasteiger partial charge in [0.05, 0.1) is 22.0 Å². The Morgan fingerprint density at radius 3 is 2.21 bits per heavy atom. The Morgan fingerprint density at radius 2 is 1.61 bits per heavy atom. The van der Waals surface area contributed by atoms with E-state index in [0.717, 1.165) is 12.3 Å². The summed E-state index contributed by atoms with van der Waals surface area (Å²) in [6, 6.07) is 15.2. The minimum absolute atomic E-state index is 0.0287. The lowest BCUT2D eigenvalue weighted by Crippen LogP contribution is -2.30. The molecule has 0 aliphatic carbocycles. The van der Waals surface area contributed by atoms with Crippen molar-refractivity contribution < 1.29 is 16.8 Å². The molecule has 1 heterocycles. The minimum atomic E-state index is -4.05. The molecule has 3 rings (SSSR count). The third-order valence-corrected chi connectivity index (χ3v) is 7.12. The number of sulfone groups is 1. The topological polar surface area (TPSA) is 84.4 Å². The minimum Gasteiger partial charge on any atom is -0.264 e. The van der Waals surface area contributed by atoms with Gasteiger partial charge in [-0.1, -0.05) is 23.7 Å². The number of sulfonamides is 1. The number of rotatable bonds is 6. The van der Waals surface area contributed by atoms with Crippen LogP contribution >= 0.6 is 11.6 Å². The van der Waals surface area contributed by atoms with E-state index in [1.807, 2.05) is 0 Å². The fourth-order valence-electron chi connectivity index (χ4n) is 2.57. The van der Waals surface area contributed by atoms with E-state index in [0.29, 0.717) is 16.3 Å². The normalized spacial score (nSPS) is 11.9. The van der Waals surface area contributed by atoms with Crippen molar-refractivity contribution in [1.82, 2.24) is 4.98 Å². The third-order valence-electron chi connectivity index (χ3n) is 3.99. The second-order valence-electron chi connectivity index (χ2n) is 6.10. The van der Waals surface area contributed by atoms with Gasteiger partial charge in [-0.15, -0.1) is 0 Å². The van der Waals surface area contributed by atoms with E-state index >= 15 is 0 Å². The first-order valence-electron chi connectivity index (χ1n) is 8.15. The first-order valence-corrected chi connectivity index (χ1v) is 11.9. The quantitative estimate of drug-likeness (QED) is 0.590. The van der Waals surface area contributed by atoms with Crippen LogP contribution in [0.4, 0.5) is 5.69 Å². The lowest BCUT2D eigenvalue weighted by Gasteiger charge is -2.25. The molecule has 6 nitrogen and oxygen atoms in total. The number of pyridine rings is 1. The summed E-state index contributed by atoms with van der Waals surface area (Å²) in [6.45, 7) is 0.0287. The smallest absolute Gasteiger partial charge is 0.264 e. The molecule has 9 heteroatoms. The van der Waals surface area contributed by atoms with Gasteiger partial charge in [0.2, 0.25) is 0 Å². The molecule has 0 aliphatic heterocycles. The van der Waals surface area contributed by atoms with Crippen molar-refractivity contribution in [2.24, 2.45) is 0 Å². The number of benzene rings is 2. The Balaban J connectivity index is 2.12. The van der Waals surface area contributed by atoms with Crippen LogP contribution in [-0.2, 0) is 26.4 Å². The van der Waals surface area contributed by atoms with E-state index in [2.05, 4.69) is 4.98 Å². The first kappa shape index (κ1) is 20.3. The van der Waals surface area contributed by atoms with Gasteiger partial charge < -0.3 is 0 Å². The predicted molar refractivity (Wildman–Crippen MR) is 109 cm³/mol. The molecule has 2 aromatic carbocycles. The summed E-state index contributed by atoms with van der Waals surface area (Å²) in [5, 5.41) is 0.474. The van der Waals surface area contributed by atoms with Gasteiger partial charge >= 0.3 is 0 Å². The standard InChI is InChI=1S/C19H17ClN2O4S2/c1-27(23,24)18-5-2-6-19(12-18)28(25,26)22(14-15-4-3-11-21-13-15)17-9-7-16(20)8-10-17/h2-13H,14H2,1H3. The molecule has 0 bridgehead atoms. The van der Waals surface area contributed by atoms with Crippen molar-refractivity contribution in [2.75, 3.05) is 10.6 Å². The Labute approximate surface area is 169 Å². The van der Waals surface area contributed by atoms with Gasteiger partial charge in [-0.3, -0.25) is 9.29 Å². The van der Waals surface area contributed by atoms with Crippen LogP contribution < -0.4 is 4.31 Å². The van der Waals surface area contributed by atoms with Crippen LogP contribution in [0.15, 0.2) is 82.8 Å². The zero-order valence-corrected chi connectivity index (χ0v) is 17.2. The Morgan fingerprint density at radius 1 is 0.929 bits per heavy atom. The highest BCUT2D eigenvalue weighted by molar-refractivity contribution is 7.93. The van der Waals surface area contributed by atoms with E-state index in [1.54, 1.807) is 48.8 Å². The molecule has 0 amide bonds. The predicted octanol–water partition coefficient (Wildman–Crippen LogP) is 3.53. The van der Waals surface area contributed by atoms with Crippen LogP contribution in [0.5, 0.6) is 0 Å². The molecular weight excluding hydrogens is 420 g/mol. The number of nitrogens with zero attached hydrogens (tertiary/aromatic N) is 2. The van der Waals surface area contributed by atoms with Gasteiger partial charge in [0.15, 0.2) is 9.84 Å². The molecule has 0 fully saturated rings. The van der Waals surface area contributed by atoms with Gasteiger partial charge in [0.1, 0.15) is 0 Å². The lowest BCUT2D eigenvalue weighted by molar-refractivity contribution is 0.590. The van der Waals surface area contributed by atoms with Gasteiger partial charge in [-0.25, -0.2) is 16.8 Å². The number of aromatic nitrogens is 1. The maximum Gasteiger partial charge on any atom is 0.264 e. The fraction of sp³-hybridized carbons (Fsp3) is 0.105. The van der Waals surface area contributed by atoms with E-state index in [4.69, 9.17) is 11.6 Å². The van der Waals surface area contributed by atoms with Crippen molar-refractivity contribution in [3.05, 3.63) is 83.6 Å². The average Bonchev–Trinajstić information content (AvgIpc) is 2.67. The maximum atomic E-state index is 13.4. The van der Waals surface area contributed by atoms with Crippen molar-refractivity contribution in [3.63, 3.8) is 0 Å². The number of hydrogen-bond acceptors (Lipinski definition) is 5. The highest BCUT2D eigenvalue weighted by atomic mass is 35.5. The molecule has 0 radical (unpaired) electrons. The summed E-state index contributed by atoms with van der Waals surface area (Å²) in [5.41, 5.74) is 1.08. The molecule has 0 atom stereocenters. The molecular formula is C19H17ClN2O4S2. The van der Waals surface area contributed by atoms with Gasteiger partial charge in [-0.2, -0.15) is 0 Å². The van der Waals surface area contributed by atoms with Crippen molar-refractivity contribution in [3.8, 4) is 0 Å². The molecule has 0 aliphatic rings. The molecule has 0 spiro atoms. The third kappa shape index (κ3) is 4.52. The van der Waals surface area contributed by atoms with E-state index in [9.17, 15) is 16.8 Å². The lowest BCUT2D eigenvalue weighted by atomic mass is 10.2. The van der Waals surface area contributed by atoms with Crippen molar-refractivity contribution in [1.29, 1.82) is 0 Å². The highest BCUT2D eigenvalue weighted by Gasteiger charge is 2.26. The monoisotopic (exact) mass is 436 g/mol. The Bertz CT molecular complexity index is 1180. The maximum absolute atomic E-state index is 13.4. The molecule has 0 saturated heterocycles. The summed E-state index contributed by atoms with van der Waals surface area (Å²) < 4.78 is 51.7. The van der Waals surface area contributed by atoms with Gasteiger partial charge in [0.25, 0.3) is 10.0 Å². The average molecular weight is 437 g/mol. The van der Waals surface area contributed by atoms with Gasteiger partial charge in [-0.05, 0) is 54.1 Å². The van der Waals surface area contributed by atoms with Crippen LogP contribution in [-0.4, -0.2) is 28.1 Å². The van der Waals surface area contributed by atoms with Crippen molar-refractivity contribution in [2.45, 2.75) is 16.3 Å². The molecule has 28 heavy (non-hydrogen) atoms. The zero-order valence-electron chi connectivity index (χ0n) is 14.9. The van der Waals surface area contributed by atoms with Crippen molar-refractivity contribution >= 4 is 37.1 Å². The molecule has 0 unspecified atom stereocenters. The van der Waals surface area contributed by atoms with Crippen LogP contribution in [0, 0.1) is 0 Å². The second-order valence-corrected chi connectivity index (χ2v) is 10.4. The summed E-state index contributed by atoms with van der Waals surface area (Å²) in [5.74, 6) is 0. The number of anilines is 1. The number of halogens is 1. The largest absolute Gasteiger partial charge is 0.264 e. The van der Waals surface area contributed by atoms with E-state index in [-0.39, 0.29) is 16.3 Å². The Hall–Kier alpha value is -2.42. The summed E-state index contributed by atoms with van der Waals surface area (Å²) in [6.07, 6.45) is 4.21. The molecule has 1 aromatic heterocycles. The highest BCUT2D eigenvalue weighted by Crippen LogP contribution is 2.28. The fourth-order valence-corrected chi connectivity index (χ4v) is 4.94. The molecule has 0 saturated carbocycles. The summed E-state index contributed by atoms with van der Waals surface area (Å²) >= 11 is 5.93. The van der Waals surface area contributed by atoms with E-state index < -0.39 is 19.9 Å². The Kier molecular flexibility index (Phi) is 5.74. The van der Waals surface area contributed by atoms with Crippen LogP contribution in [0.2, 0.25) is 5.02 Å². The zero-order chi connectivity index (χ0) is 20.4. The molecule has 146 valence electrons. The van der Waals surface area contributed by atoms with Crippen LogP contribution in [0.3, 0.4) is 0 Å². The summed E-state index contributed by atoms with van der Waals surface area (Å²) in [4.78, 5) is 3.84. The van der Waals surface area contributed by atoms with Gasteiger partial charge in [0, 0.05) is 23.7 Å². The SMILES string of the molecule is CS(=O)(=O)c1cccc(S(=O)(=O)N(Cc2cccnc2)c2ccc(Cl)cc2)c1. The second kappa shape index (κ2) is 7.90. The molecule has 0 N–H and O–H groups in total.